The number of hydrogen-bond acceptors (Lipinski definition) is 3. The van der Waals surface area contributed by atoms with E-state index in [1.165, 1.54) is 25.7 Å². The van der Waals surface area contributed by atoms with Crippen LogP contribution in [0.1, 0.15) is 25.7 Å². The SMILES string of the molecule is OCCNCCOC1CCCC1. The molecule has 1 saturated carbocycles. The summed E-state index contributed by atoms with van der Waals surface area (Å²) in [4.78, 5) is 0. The molecule has 0 aromatic heterocycles. The van der Waals surface area contributed by atoms with Crippen LogP contribution in [0.2, 0.25) is 0 Å². The van der Waals surface area contributed by atoms with Gasteiger partial charge in [-0.15, -0.1) is 0 Å². The molecule has 12 heavy (non-hydrogen) atoms. The summed E-state index contributed by atoms with van der Waals surface area (Å²) in [6.45, 7) is 2.53. The van der Waals surface area contributed by atoms with E-state index in [0.29, 0.717) is 12.6 Å². The summed E-state index contributed by atoms with van der Waals surface area (Å²) >= 11 is 0. The monoisotopic (exact) mass is 173 g/mol. The Kier molecular flexibility index (Phi) is 5.32. The third kappa shape index (κ3) is 4.04. The number of aliphatic hydroxyl groups is 1. The van der Waals surface area contributed by atoms with Gasteiger partial charge in [0.15, 0.2) is 0 Å². The second-order valence-corrected chi connectivity index (χ2v) is 3.25. The first-order valence-electron chi connectivity index (χ1n) is 4.86. The molecule has 1 aliphatic rings. The van der Waals surface area contributed by atoms with E-state index in [1.54, 1.807) is 0 Å². The van der Waals surface area contributed by atoms with Crippen molar-refractivity contribution in [1.29, 1.82) is 0 Å². The van der Waals surface area contributed by atoms with Crippen LogP contribution in [0, 0.1) is 0 Å². The van der Waals surface area contributed by atoms with Crippen LogP contribution < -0.4 is 5.32 Å². The van der Waals surface area contributed by atoms with Crippen LogP contribution in [0.3, 0.4) is 0 Å². The minimum Gasteiger partial charge on any atom is -0.395 e. The highest BCUT2D eigenvalue weighted by molar-refractivity contribution is 4.66. The molecule has 0 amide bonds. The molecule has 1 aliphatic carbocycles. The van der Waals surface area contributed by atoms with Gasteiger partial charge >= 0.3 is 0 Å². The largest absolute Gasteiger partial charge is 0.395 e. The van der Waals surface area contributed by atoms with Crippen molar-refractivity contribution < 1.29 is 9.84 Å². The van der Waals surface area contributed by atoms with E-state index in [2.05, 4.69) is 5.32 Å². The quantitative estimate of drug-likeness (QED) is 0.576. The van der Waals surface area contributed by atoms with E-state index in [0.717, 1.165) is 13.2 Å². The molecule has 0 unspecified atom stereocenters. The number of rotatable bonds is 6. The molecule has 0 radical (unpaired) electrons. The van der Waals surface area contributed by atoms with Crippen LogP contribution in [0.15, 0.2) is 0 Å². The average Bonchev–Trinajstić information content (AvgIpc) is 2.57. The lowest BCUT2D eigenvalue weighted by Gasteiger charge is -2.10. The number of nitrogens with one attached hydrogen (secondary N) is 1. The van der Waals surface area contributed by atoms with E-state index >= 15 is 0 Å². The topological polar surface area (TPSA) is 41.5 Å². The molecule has 3 heteroatoms. The Morgan fingerprint density at radius 2 is 2.00 bits per heavy atom. The zero-order chi connectivity index (χ0) is 8.65. The van der Waals surface area contributed by atoms with E-state index in [1.807, 2.05) is 0 Å². The average molecular weight is 173 g/mol. The van der Waals surface area contributed by atoms with Gasteiger partial charge in [-0.1, -0.05) is 12.8 Å². The van der Waals surface area contributed by atoms with Crippen molar-refractivity contribution in [1.82, 2.24) is 5.32 Å². The Morgan fingerprint density at radius 1 is 1.25 bits per heavy atom. The Hall–Kier alpha value is -0.120. The molecule has 0 aromatic carbocycles. The normalized spacial score (nSPS) is 18.8. The van der Waals surface area contributed by atoms with Gasteiger partial charge in [-0.05, 0) is 12.8 Å². The maximum absolute atomic E-state index is 8.47. The minimum absolute atomic E-state index is 0.212. The fourth-order valence-electron chi connectivity index (χ4n) is 1.56. The van der Waals surface area contributed by atoms with Crippen LogP contribution in [-0.4, -0.2) is 37.5 Å². The van der Waals surface area contributed by atoms with Gasteiger partial charge in [-0.3, -0.25) is 0 Å². The fraction of sp³-hybridized carbons (Fsp3) is 1.00. The maximum Gasteiger partial charge on any atom is 0.0594 e. The maximum atomic E-state index is 8.47. The second-order valence-electron chi connectivity index (χ2n) is 3.25. The smallest absolute Gasteiger partial charge is 0.0594 e. The standard InChI is InChI=1S/C9H19NO2/c11-7-5-10-6-8-12-9-3-1-2-4-9/h9-11H,1-8H2. The zero-order valence-electron chi connectivity index (χ0n) is 7.59. The van der Waals surface area contributed by atoms with E-state index < -0.39 is 0 Å². The molecule has 0 aliphatic heterocycles. The summed E-state index contributed by atoms with van der Waals surface area (Å²) in [7, 11) is 0. The number of hydrogen-bond donors (Lipinski definition) is 2. The highest BCUT2D eigenvalue weighted by Crippen LogP contribution is 2.20. The summed E-state index contributed by atoms with van der Waals surface area (Å²) < 4.78 is 5.61. The van der Waals surface area contributed by atoms with Crippen LogP contribution in [0.5, 0.6) is 0 Å². The molecule has 0 saturated heterocycles. The molecular weight excluding hydrogens is 154 g/mol. The molecule has 3 nitrogen and oxygen atoms in total. The van der Waals surface area contributed by atoms with Crippen LogP contribution >= 0.6 is 0 Å². The summed E-state index contributed by atoms with van der Waals surface area (Å²) in [5.41, 5.74) is 0. The first kappa shape index (κ1) is 9.96. The molecule has 0 spiro atoms. The van der Waals surface area contributed by atoms with Crippen molar-refractivity contribution >= 4 is 0 Å². The van der Waals surface area contributed by atoms with Crippen molar-refractivity contribution in [2.24, 2.45) is 0 Å². The fourth-order valence-corrected chi connectivity index (χ4v) is 1.56. The van der Waals surface area contributed by atoms with E-state index in [4.69, 9.17) is 9.84 Å². The summed E-state index contributed by atoms with van der Waals surface area (Å²) in [6, 6.07) is 0. The summed E-state index contributed by atoms with van der Waals surface area (Å²) in [5.74, 6) is 0. The second kappa shape index (κ2) is 6.40. The van der Waals surface area contributed by atoms with Crippen molar-refractivity contribution in [2.75, 3.05) is 26.3 Å². The Balaban J connectivity index is 1.81. The lowest BCUT2D eigenvalue weighted by molar-refractivity contribution is 0.0600. The third-order valence-corrected chi connectivity index (χ3v) is 2.22. The molecule has 0 heterocycles. The first-order valence-corrected chi connectivity index (χ1v) is 4.86. The van der Waals surface area contributed by atoms with Gasteiger partial charge in [0.05, 0.1) is 19.3 Å². The summed E-state index contributed by atoms with van der Waals surface area (Å²) in [6.07, 6.45) is 5.64. The van der Waals surface area contributed by atoms with Gasteiger partial charge in [0.2, 0.25) is 0 Å². The van der Waals surface area contributed by atoms with E-state index in [9.17, 15) is 0 Å². The molecule has 0 aromatic rings. The highest BCUT2D eigenvalue weighted by atomic mass is 16.5. The van der Waals surface area contributed by atoms with Crippen molar-refractivity contribution in [3.05, 3.63) is 0 Å². The highest BCUT2D eigenvalue weighted by Gasteiger charge is 2.14. The lowest BCUT2D eigenvalue weighted by Crippen LogP contribution is -2.24. The molecule has 0 atom stereocenters. The molecule has 1 rings (SSSR count). The lowest BCUT2D eigenvalue weighted by atomic mass is 10.3. The van der Waals surface area contributed by atoms with Gasteiger partial charge in [0, 0.05) is 13.1 Å². The van der Waals surface area contributed by atoms with Gasteiger partial charge in [-0.2, -0.15) is 0 Å². The zero-order valence-corrected chi connectivity index (χ0v) is 7.59. The van der Waals surface area contributed by atoms with Gasteiger partial charge in [0.1, 0.15) is 0 Å². The van der Waals surface area contributed by atoms with Gasteiger partial charge in [-0.25, -0.2) is 0 Å². The molecule has 1 fully saturated rings. The summed E-state index contributed by atoms with van der Waals surface area (Å²) in [5, 5.41) is 11.6. The van der Waals surface area contributed by atoms with Crippen molar-refractivity contribution in [3.63, 3.8) is 0 Å². The van der Waals surface area contributed by atoms with Crippen LogP contribution in [-0.2, 0) is 4.74 Å². The molecular formula is C9H19NO2. The predicted octanol–water partition coefficient (Wildman–Crippen LogP) is 0.527. The Labute approximate surface area is 74.1 Å². The van der Waals surface area contributed by atoms with Gasteiger partial charge in [0.25, 0.3) is 0 Å². The van der Waals surface area contributed by atoms with Crippen molar-refractivity contribution in [3.8, 4) is 0 Å². The molecule has 72 valence electrons. The van der Waals surface area contributed by atoms with Gasteiger partial charge < -0.3 is 15.2 Å². The number of ether oxygens (including phenoxy) is 1. The first-order chi connectivity index (χ1) is 5.93. The van der Waals surface area contributed by atoms with Crippen LogP contribution in [0.25, 0.3) is 0 Å². The predicted molar refractivity (Wildman–Crippen MR) is 48.2 cm³/mol. The third-order valence-electron chi connectivity index (χ3n) is 2.22. The van der Waals surface area contributed by atoms with Crippen LogP contribution in [0.4, 0.5) is 0 Å². The molecule has 2 N–H and O–H groups in total. The minimum atomic E-state index is 0.212. The Bertz CT molecular complexity index is 103. The van der Waals surface area contributed by atoms with Crippen molar-refractivity contribution in [2.45, 2.75) is 31.8 Å². The van der Waals surface area contributed by atoms with E-state index in [-0.39, 0.29) is 6.61 Å². The molecule has 0 bridgehead atoms. The Morgan fingerprint density at radius 3 is 2.67 bits per heavy atom. The number of aliphatic hydroxyl groups excluding tert-OH is 1.